The molecule has 0 fully saturated rings. The van der Waals surface area contributed by atoms with Gasteiger partial charge in [-0.05, 0) is 13.3 Å². The van der Waals surface area contributed by atoms with Gasteiger partial charge in [-0.25, -0.2) is 0 Å². The van der Waals surface area contributed by atoms with Gasteiger partial charge in [-0.3, -0.25) is 4.79 Å². The van der Waals surface area contributed by atoms with Crippen LogP contribution in [-0.4, -0.2) is 12.3 Å². The van der Waals surface area contributed by atoms with Crippen molar-refractivity contribution in [2.24, 2.45) is 0 Å². The van der Waals surface area contributed by atoms with E-state index >= 15 is 0 Å². The number of nitrogens with one attached hydrogen (secondary N) is 1. The quantitative estimate of drug-likeness (QED) is 0.501. The summed E-state index contributed by atoms with van der Waals surface area (Å²) in [5.74, 6) is 6.02. The molecule has 0 aliphatic heterocycles. The van der Waals surface area contributed by atoms with Gasteiger partial charge in [0, 0.05) is 31.2 Å². The molecular formula is C10H13NO. The first-order valence-corrected chi connectivity index (χ1v) is 4.20. The molecule has 0 spiro atoms. The van der Waals surface area contributed by atoms with Crippen molar-refractivity contribution in [1.82, 2.24) is 5.32 Å². The lowest BCUT2D eigenvalue weighted by Crippen LogP contribution is -2.12. The number of ketones is 1. The maximum absolute atomic E-state index is 10.8. The van der Waals surface area contributed by atoms with E-state index in [2.05, 4.69) is 17.2 Å². The summed E-state index contributed by atoms with van der Waals surface area (Å²) in [4.78, 5) is 10.8. The Morgan fingerprint density at radius 2 is 2.42 bits per heavy atom. The van der Waals surface area contributed by atoms with Gasteiger partial charge >= 0.3 is 0 Å². The third kappa shape index (κ3) is 2.79. The second-order valence-corrected chi connectivity index (χ2v) is 2.74. The fraction of sp³-hybridized carbons (Fsp3) is 0.500. The molecule has 1 aliphatic rings. The molecule has 0 bridgehead atoms. The summed E-state index contributed by atoms with van der Waals surface area (Å²) in [7, 11) is 0. The first-order chi connectivity index (χ1) is 5.83. The summed E-state index contributed by atoms with van der Waals surface area (Å²) in [5.41, 5.74) is 1.07. The Balaban J connectivity index is 2.18. The number of allylic oxidation sites excluding steroid dienone is 2. The first kappa shape index (κ1) is 8.86. The fourth-order valence-corrected chi connectivity index (χ4v) is 1.15. The van der Waals surface area contributed by atoms with Gasteiger partial charge in [-0.1, -0.05) is 0 Å². The lowest BCUT2D eigenvalue weighted by molar-refractivity contribution is -0.114. The predicted octanol–water partition coefficient (Wildman–Crippen LogP) is 1.24. The van der Waals surface area contributed by atoms with Gasteiger partial charge in [0.25, 0.3) is 0 Å². The Bertz CT molecular complexity index is 255. The van der Waals surface area contributed by atoms with Crippen molar-refractivity contribution in [1.29, 1.82) is 0 Å². The summed E-state index contributed by atoms with van der Waals surface area (Å²) in [5, 5.41) is 3.18. The monoisotopic (exact) mass is 163 g/mol. The van der Waals surface area contributed by atoms with Crippen molar-refractivity contribution in [3.8, 4) is 11.8 Å². The smallest absolute Gasteiger partial charge is 0.157 e. The minimum absolute atomic E-state index is 0.235. The molecule has 0 radical (unpaired) electrons. The second kappa shape index (κ2) is 4.61. The molecular weight excluding hydrogens is 150 g/mol. The van der Waals surface area contributed by atoms with E-state index in [4.69, 9.17) is 0 Å². The Kier molecular flexibility index (Phi) is 3.40. The van der Waals surface area contributed by atoms with E-state index in [9.17, 15) is 4.79 Å². The third-order valence-corrected chi connectivity index (χ3v) is 1.75. The zero-order chi connectivity index (χ0) is 8.81. The van der Waals surface area contributed by atoms with E-state index in [-0.39, 0.29) is 5.78 Å². The van der Waals surface area contributed by atoms with Crippen LogP contribution in [0.4, 0.5) is 0 Å². The van der Waals surface area contributed by atoms with Crippen LogP contribution >= 0.6 is 0 Å². The molecule has 0 aromatic rings. The van der Waals surface area contributed by atoms with E-state index in [1.165, 1.54) is 0 Å². The number of rotatable bonds is 3. The van der Waals surface area contributed by atoms with Crippen LogP contribution in [0.2, 0.25) is 0 Å². The largest absolute Gasteiger partial charge is 0.387 e. The van der Waals surface area contributed by atoms with Gasteiger partial charge in [-0.2, -0.15) is 0 Å². The normalized spacial score (nSPS) is 15.1. The van der Waals surface area contributed by atoms with E-state index < -0.39 is 0 Å². The summed E-state index contributed by atoms with van der Waals surface area (Å²) < 4.78 is 0. The highest BCUT2D eigenvalue weighted by molar-refractivity contribution is 5.92. The summed E-state index contributed by atoms with van der Waals surface area (Å²) >= 11 is 0. The Morgan fingerprint density at radius 1 is 1.58 bits per heavy atom. The van der Waals surface area contributed by atoms with Crippen molar-refractivity contribution in [2.75, 3.05) is 6.54 Å². The highest BCUT2D eigenvalue weighted by atomic mass is 16.1. The molecule has 0 unspecified atom stereocenters. The van der Waals surface area contributed by atoms with Crippen molar-refractivity contribution in [3.05, 3.63) is 11.8 Å². The van der Waals surface area contributed by atoms with E-state index in [0.29, 0.717) is 6.42 Å². The summed E-state index contributed by atoms with van der Waals surface area (Å²) in [6, 6.07) is 0. The number of hydrogen-bond donors (Lipinski definition) is 1. The molecule has 1 N–H and O–H groups in total. The van der Waals surface area contributed by atoms with Gasteiger partial charge in [0.1, 0.15) is 0 Å². The van der Waals surface area contributed by atoms with Crippen molar-refractivity contribution in [2.45, 2.75) is 26.2 Å². The first-order valence-electron chi connectivity index (χ1n) is 4.20. The number of hydrogen-bond acceptors (Lipinski definition) is 2. The van der Waals surface area contributed by atoms with Gasteiger partial charge in [0.2, 0.25) is 0 Å². The lowest BCUT2D eigenvalue weighted by Gasteiger charge is -2.02. The predicted molar refractivity (Wildman–Crippen MR) is 48.4 cm³/mol. The molecule has 0 atom stereocenters. The van der Waals surface area contributed by atoms with E-state index in [1.807, 2.05) is 6.92 Å². The molecule has 1 aliphatic carbocycles. The van der Waals surface area contributed by atoms with Gasteiger partial charge in [-0.15, -0.1) is 11.8 Å². The highest BCUT2D eigenvalue weighted by Crippen LogP contribution is 2.11. The van der Waals surface area contributed by atoms with Crippen LogP contribution in [0.5, 0.6) is 0 Å². The Hall–Kier alpha value is -1.23. The zero-order valence-electron chi connectivity index (χ0n) is 7.31. The van der Waals surface area contributed by atoms with E-state index in [1.54, 1.807) is 6.08 Å². The maximum Gasteiger partial charge on any atom is 0.157 e. The molecule has 64 valence electrons. The van der Waals surface area contributed by atoms with Gasteiger partial charge in [0.15, 0.2) is 5.78 Å². The molecule has 0 aromatic carbocycles. The van der Waals surface area contributed by atoms with Crippen LogP contribution in [0, 0.1) is 11.8 Å². The lowest BCUT2D eigenvalue weighted by atomic mass is 10.3. The average molecular weight is 163 g/mol. The minimum Gasteiger partial charge on any atom is -0.387 e. The van der Waals surface area contributed by atoms with Crippen LogP contribution in [0.15, 0.2) is 11.8 Å². The zero-order valence-corrected chi connectivity index (χ0v) is 7.31. The van der Waals surface area contributed by atoms with Crippen LogP contribution in [0.25, 0.3) is 0 Å². The summed E-state index contributed by atoms with van der Waals surface area (Å²) in [6.45, 7) is 2.68. The van der Waals surface area contributed by atoms with Crippen LogP contribution < -0.4 is 5.32 Å². The fourth-order valence-electron chi connectivity index (χ4n) is 1.15. The van der Waals surface area contributed by atoms with Crippen molar-refractivity contribution < 1.29 is 4.79 Å². The topological polar surface area (TPSA) is 29.1 Å². The molecule has 1 rings (SSSR count). The van der Waals surface area contributed by atoms with Crippen LogP contribution in [0.1, 0.15) is 26.2 Å². The van der Waals surface area contributed by atoms with Crippen LogP contribution in [-0.2, 0) is 4.79 Å². The van der Waals surface area contributed by atoms with Gasteiger partial charge in [0.05, 0.1) is 0 Å². The standard InChI is InChI=1S/C10H13NO/c1-2-3-4-7-11-9-5-6-10(12)8-9/h8,11H,4-7H2,1H3. The molecule has 0 saturated heterocycles. The second-order valence-electron chi connectivity index (χ2n) is 2.74. The molecule has 2 nitrogen and oxygen atoms in total. The summed E-state index contributed by atoms with van der Waals surface area (Å²) in [6.07, 6.45) is 4.08. The van der Waals surface area contributed by atoms with Gasteiger partial charge < -0.3 is 5.32 Å². The third-order valence-electron chi connectivity index (χ3n) is 1.75. The Labute approximate surface area is 73.0 Å². The Morgan fingerprint density at radius 3 is 3.00 bits per heavy atom. The molecule has 2 heteroatoms. The van der Waals surface area contributed by atoms with E-state index in [0.717, 1.165) is 25.1 Å². The molecule has 12 heavy (non-hydrogen) atoms. The minimum atomic E-state index is 0.235. The molecule has 0 saturated carbocycles. The van der Waals surface area contributed by atoms with Crippen LogP contribution in [0.3, 0.4) is 0 Å². The molecule has 0 aromatic heterocycles. The number of carbonyl (C=O) groups is 1. The van der Waals surface area contributed by atoms with Crippen molar-refractivity contribution >= 4 is 5.78 Å². The van der Waals surface area contributed by atoms with Crippen molar-refractivity contribution in [3.63, 3.8) is 0 Å². The molecule has 0 amide bonds. The molecule has 0 heterocycles. The SMILES string of the molecule is CC#CCCNC1=CC(=O)CC1. The highest BCUT2D eigenvalue weighted by Gasteiger charge is 2.10. The number of carbonyl (C=O) groups excluding carboxylic acids is 1. The maximum atomic E-state index is 10.8. The average Bonchev–Trinajstić information content (AvgIpc) is 2.45.